The summed E-state index contributed by atoms with van der Waals surface area (Å²) in [6, 6.07) is 7.36. The van der Waals surface area contributed by atoms with E-state index in [4.69, 9.17) is 0 Å². The number of hydrogen-bond donors (Lipinski definition) is 1. The first-order valence-corrected chi connectivity index (χ1v) is 8.75. The van der Waals surface area contributed by atoms with Gasteiger partial charge in [0, 0.05) is 24.8 Å². The first-order chi connectivity index (χ1) is 12.1. The molecule has 6 nitrogen and oxygen atoms in total. The van der Waals surface area contributed by atoms with Gasteiger partial charge in [0.15, 0.2) is 0 Å². The lowest BCUT2D eigenvalue weighted by Gasteiger charge is -2.25. The number of hydrogen-bond acceptors (Lipinski definition) is 3. The van der Waals surface area contributed by atoms with Gasteiger partial charge in [-0.3, -0.25) is 14.3 Å². The van der Waals surface area contributed by atoms with E-state index >= 15 is 0 Å². The Morgan fingerprint density at radius 1 is 1.32 bits per heavy atom. The summed E-state index contributed by atoms with van der Waals surface area (Å²) in [6.07, 6.45) is 5.83. The molecule has 1 N–H and O–H groups in total. The Balaban J connectivity index is 1.62. The van der Waals surface area contributed by atoms with Gasteiger partial charge in [0.05, 0.1) is 12.7 Å². The summed E-state index contributed by atoms with van der Waals surface area (Å²) in [4.78, 5) is 26.1. The predicted octanol–water partition coefficient (Wildman–Crippen LogP) is 2.58. The molecule has 1 atom stereocenters. The van der Waals surface area contributed by atoms with Crippen molar-refractivity contribution in [1.29, 1.82) is 0 Å². The molecular formula is C19H24N4O2. The van der Waals surface area contributed by atoms with Crippen LogP contribution in [0.25, 0.3) is 0 Å². The number of carbonyl (C=O) groups excluding carboxylic acids is 2. The summed E-state index contributed by atoms with van der Waals surface area (Å²) >= 11 is 0. The first kappa shape index (κ1) is 17.2. The highest BCUT2D eigenvalue weighted by atomic mass is 16.2. The van der Waals surface area contributed by atoms with Crippen LogP contribution in [-0.4, -0.2) is 39.1 Å². The van der Waals surface area contributed by atoms with Crippen molar-refractivity contribution in [2.75, 3.05) is 11.9 Å². The van der Waals surface area contributed by atoms with Crippen LogP contribution in [0.3, 0.4) is 0 Å². The van der Waals surface area contributed by atoms with Crippen molar-refractivity contribution in [2.45, 2.75) is 45.7 Å². The second kappa shape index (κ2) is 7.51. The number of nitrogens with one attached hydrogen (secondary N) is 1. The summed E-state index contributed by atoms with van der Waals surface area (Å²) in [5.74, 6) is -0.0416. The Morgan fingerprint density at radius 2 is 2.08 bits per heavy atom. The minimum atomic E-state index is -0.387. The van der Waals surface area contributed by atoms with Crippen LogP contribution in [0.2, 0.25) is 0 Å². The van der Waals surface area contributed by atoms with Crippen molar-refractivity contribution in [3.05, 3.63) is 47.8 Å². The largest absolute Gasteiger partial charge is 0.331 e. The van der Waals surface area contributed by atoms with E-state index in [1.807, 2.05) is 55.2 Å². The maximum Gasteiger partial charge on any atom is 0.247 e. The fourth-order valence-electron chi connectivity index (χ4n) is 3.21. The standard InChI is InChI=1S/C19H24N4O2/c1-3-17(23-10-4-5-18(23)24)19(25)21-16-8-6-15(7-9-16)13-22-12-14(2)11-20-22/h6-9,11-12,17H,3-5,10,13H2,1-2H3,(H,21,25). The third-order valence-corrected chi connectivity index (χ3v) is 4.50. The number of aromatic nitrogens is 2. The van der Waals surface area contributed by atoms with Gasteiger partial charge >= 0.3 is 0 Å². The van der Waals surface area contributed by atoms with Crippen LogP contribution in [0, 0.1) is 6.92 Å². The van der Waals surface area contributed by atoms with Crippen LogP contribution in [0.4, 0.5) is 5.69 Å². The number of anilines is 1. The van der Waals surface area contributed by atoms with Crippen LogP contribution in [0.5, 0.6) is 0 Å². The normalized spacial score (nSPS) is 15.4. The number of aryl methyl sites for hydroxylation is 1. The number of carbonyl (C=O) groups is 2. The third kappa shape index (κ3) is 4.07. The van der Waals surface area contributed by atoms with E-state index < -0.39 is 0 Å². The van der Waals surface area contributed by atoms with Crippen molar-refractivity contribution >= 4 is 17.5 Å². The Hall–Kier alpha value is -2.63. The maximum atomic E-state index is 12.5. The molecule has 25 heavy (non-hydrogen) atoms. The fraction of sp³-hybridized carbons (Fsp3) is 0.421. The summed E-state index contributed by atoms with van der Waals surface area (Å²) in [7, 11) is 0. The molecular weight excluding hydrogens is 316 g/mol. The van der Waals surface area contributed by atoms with Gasteiger partial charge in [-0.2, -0.15) is 5.10 Å². The molecule has 6 heteroatoms. The second-order valence-electron chi connectivity index (χ2n) is 6.52. The SMILES string of the molecule is CCC(C(=O)Nc1ccc(Cn2cc(C)cn2)cc1)N1CCCC1=O. The van der Waals surface area contributed by atoms with Crippen LogP contribution < -0.4 is 5.32 Å². The molecule has 1 aromatic heterocycles. The number of likely N-dealkylation sites (tertiary alicyclic amines) is 1. The van der Waals surface area contributed by atoms with Crippen molar-refractivity contribution in [1.82, 2.24) is 14.7 Å². The van der Waals surface area contributed by atoms with E-state index in [1.165, 1.54) is 0 Å². The molecule has 1 saturated heterocycles. The van der Waals surface area contributed by atoms with Crippen LogP contribution in [-0.2, 0) is 16.1 Å². The lowest BCUT2D eigenvalue weighted by Crippen LogP contribution is -2.44. The molecule has 3 rings (SSSR count). The van der Waals surface area contributed by atoms with Gasteiger partial charge in [-0.25, -0.2) is 0 Å². The Kier molecular flexibility index (Phi) is 5.16. The number of rotatable bonds is 6. The van der Waals surface area contributed by atoms with Crippen molar-refractivity contribution in [2.24, 2.45) is 0 Å². The highest BCUT2D eigenvalue weighted by molar-refractivity contribution is 5.97. The molecule has 1 aliphatic rings. The molecule has 1 aliphatic heterocycles. The summed E-state index contributed by atoms with van der Waals surface area (Å²) in [6.45, 7) is 5.32. The molecule has 1 aromatic carbocycles. The quantitative estimate of drug-likeness (QED) is 0.879. The summed E-state index contributed by atoms with van der Waals surface area (Å²) in [5, 5.41) is 7.21. The number of nitrogens with zero attached hydrogens (tertiary/aromatic N) is 3. The van der Waals surface area contributed by atoms with Gasteiger partial charge in [0.1, 0.15) is 6.04 Å². The molecule has 0 saturated carbocycles. The molecule has 0 bridgehead atoms. The molecule has 132 valence electrons. The van der Waals surface area contributed by atoms with Gasteiger partial charge in [0.2, 0.25) is 11.8 Å². The van der Waals surface area contributed by atoms with Gasteiger partial charge < -0.3 is 10.2 Å². The summed E-state index contributed by atoms with van der Waals surface area (Å²) in [5.41, 5.74) is 2.99. The number of benzene rings is 1. The highest BCUT2D eigenvalue weighted by Crippen LogP contribution is 2.18. The molecule has 2 amide bonds. The topological polar surface area (TPSA) is 67.2 Å². The van der Waals surface area contributed by atoms with Crippen molar-refractivity contribution in [3.8, 4) is 0 Å². The highest BCUT2D eigenvalue weighted by Gasteiger charge is 2.31. The predicted molar refractivity (Wildman–Crippen MR) is 96.2 cm³/mol. The molecule has 2 aromatic rings. The molecule has 2 heterocycles. The third-order valence-electron chi connectivity index (χ3n) is 4.50. The smallest absolute Gasteiger partial charge is 0.247 e. The van der Waals surface area contributed by atoms with Gasteiger partial charge in [-0.1, -0.05) is 19.1 Å². The second-order valence-corrected chi connectivity index (χ2v) is 6.52. The Labute approximate surface area is 147 Å². The average molecular weight is 340 g/mol. The van der Waals surface area contributed by atoms with Crippen molar-refractivity contribution < 1.29 is 9.59 Å². The maximum absolute atomic E-state index is 12.5. The van der Waals surface area contributed by atoms with Crippen LogP contribution >= 0.6 is 0 Å². The molecule has 0 aliphatic carbocycles. The van der Waals surface area contributed by atoms with Crippen LogP contribution in [0.1, 0.15) is 37.3 Å². The lowest BCUT2D eigenvalue weighted by molar-refractivity contribution is -0.135. The first-order valence-electron chi connectivity index (χ1n) is 8.75. The van der Waals surface area contributed by atoms with Gasteiger partial charge in [0.25, 0.3) is 0 Å². The fourth-order valence-corrected chi connectivity index (χ4v) is 3.21. The Morgan fingerprint density at radius 3 is 2.64 bits per heavy atom. The molecule has 1 unspecified atom stereocenters. The van der Waals surface area contributed by atoms with E-state index in [1.54, 1.807) is 4.90 Å². The minimum Gasteiger partial charge on any atom is -0.331 e. The summed E-state index contributed by atoms with van der Waals surface area (Å²) < 4.78 is 1.88. The van der Waals surface area contributed by atoms with Gasteiger partial charge in [-0.05, 0) is 43.0 Å². The zero-order valence-electron chi connectivity index (χ0n) is 14.7. The van der Waals surface area contributed by atoms with E-state index in [-0.39, 0.29) is 17.9 Å². The minimum absolute atomic E-state index is 0.0758. The Bertz CT molecular complexity index is 751. The zero-order chi connectivity index (χ0) is 17.8. The van der Waals surface area contributed by atoms with Crippen molar-refractivity contribution in [3.63, 3.8) is 0 Å². The molecule has 1 fully saturated rings. The van der Waals surface area contributed by atoms with E-state index in [0.717, 1.165) is 23.2 Å². The lowest BCUT2D eigenvalue weighted by atomic mass is 10.1. The molecule has 0 radical (unpaired) electrons. The monoisotopic (exact) mass is 340 g/mol. The van der Waals surface area contributed by atoms with E-state index in [2.05, 4.69) is 10.4 Å². The average Bonchev–Trinajstić information content (AvgIpc) is 3.19. The van der Waals surface area contributed by atoms with E-state index in [9.17, 15) is 9.59 Å². The number of amides is 2. The molecule has 0 spiro atoms. The zero-order valence-corrected chi connectivity index (χ0v) is 14.7. The van der Waals surface area contributed by atoms with Crippen LogP contribution in [0.15, 0.2) is 36.7 Å². The van der Waals surface area contributed by atoms with Gasteiger partial charge in [-0.15, -0.1) is 0 Å². The van der Waals surface area contributed by atoms with E-state index in [0.29, 0.717) is 25.9 Å².